The third-order valence-electron chi connectivity index (χ3n) is 2.64. The van der Waals surface area contributed by atoms with Gasteiger partial charge in [-0.05, 0) is 30.5 Å². The van der Waals surface area contributed by atoms with Crippen LogP contribution in [0.15, 0.2) is 22.7 Å². The molecule has 0 fully saturated rings. The van der Waals surface area contributed by atoms with E-state index in [0.717, 1.165) is 0 Å². The number of halogens is 2. The molecule has 7 heteroatoms. The number of urea groups is 1. The number of carbonyl (C=O) groups excluding carboxylic acids is 1. The third-order valence-corrected chi connectivity index (χ3v) is 3.13. The monoisotopic (exact) mass is 346 g/mol. The Bertz CT molecular complexity index is 497. The summed E-state index contributed by atoms with van der Waals surface area (Å²) in [6.07, 6.45) is 0.536. The SMILES string of the molecule is CC(CCC(=O)O)CNC(=O)Nc1ccc(Br)cc1F. The van der Waals surface area contributed by atoms with Crippen molar-refractivity contribution < 1.29 is 19.1 Å². The molecule has 0 radical (unpaired) electrons. The number of aliphatic carboxylic acids is 1. The second-order valence-corrected chi connectivity index (χ2v) is 5.41. The topological polar surface area (TPSA) is 78.4 Å². The highest BCUT2D eigenvalue weighted by Gasteiger charge is 2.09. The van der Waals surface area contributed by atoms with Crippen LogP contribution in [-0.2, 0) is 4.79 Å². The molecule has 0 saturated carbocycles. The van der Waals surface area contributed by atoms with Crippen LogP contribution < -0.4 is 10.6 Å². The van der Waals surface area contributed by atoms with Gasteiger partial charge in [0.2, 0.25) is 0 Å². The Morgan fingerprint density at radius 3 is 2.75 bits per heavy atom. The molecule has 110 valence electrons. The van der Waals surface area contributed by atoms with Crippen LogP contribution in [0.5, 0.6) is 0 Å². The molecule has 0 aliphatic heterocycles. The van der Waals surface area contributed by atoms with Crippen molar-refractivity contribution in [3.8, 4) is 0 Å². The molecule has 0 aliphatic carbocycles. The van der Waals surface area contributed by atoms with Crippen molar-refractivity contribution in [2.45, 2.75) is 19.8 Å². The molecule has 0 aliphatic rings. The van der Waals surface area contributed by atoms with Crippen LogP contribution in [0.4, 0.5) is 14.9 Å². The van der Waals surface area contributed by atoms with E-state index < -0.39 is 17.8 Å². The number of anilines is 1. The summed E-state index contributed by atoms with van der Waals surface area (Å²) in [5.74, 6) is -1.36. The molecule has 1 rings (SSSR count). The molecule has 0 saturated heterocycles. The molecule has 1 aromatic carbocycles. The average Bonchev–Trinajstić information content (AvgIpc) is 2.37. The molecule has 3 N–H and O–H groups in total. The second-order valence-electron chi connectivity index (χ2n) is 4.50. The fraction of sp³-hybridized carbons (Fsp3) is 0.385. The minimum Gasteiger partial charge on any atom is -0.481 e. The van der Waals surface area contributed by atoms with E-state index in [1.54, 1.807) is 6.07 Å². The summed E-state index contributed by atoms with van der Waals surface area (Å²) in [7, 11) is 0. The molecular formula is C13H16BrFN2O3. The molecule has 5 nitrogen and oxygen atoms in total. The van der Waals surface area contributed by atoms with Crippen LogP contribution in [-0.4, -0.2) is 23.7 Å². The predicted octanol–water partition coefficient (Wildman–Crippen LogP) is 3.21. The molecule has 1 unspecified atom stereocenters. The highest BCUT2D eigenvalue weighted by molar-refractivity contribution is 9.10. The first-order chi connectivity index (χ1) is 9.38. The van der Waals surface area contributed by atoms with Gasteiger partial charge in [-0.2, -0.15) is 0 Å². The Balaban J connectivity index is 2.38. The van der Waals surface area contributed by atoms with E-state index >= 15 is 0 Å². The van der Waals surface area contributed by atoms with Crippen molar-refractivity contribution in [3.63, 3.8) is 0 Å². The fourth-order valence-electron chi connectivity index (χ4n) is 1.50. The van der Waals surface area contributed by atoms with Gasteiger partial charge in [0.05, 0.1) is 5.69 Å². The number of hydrogen-bond acceptors (Lipinski definition) is 2. The molecule has 2 amide bonds. The molecule has 0 heterocycles. The van der Waals surface area contributed by atoms with E-state index in [9.17, 15) is 14.0 Å². The van der Waals surface area contributed by atoms with E-state index in [1.807, 2.05) is 6.92 Å². The average molecular weight is 347 g/mol. The Kier molecular flexibility index (Phi) is 6.44. The molecule has 0 aromatic heterocycles. The first-order valence-electron chi connectivity index (χ1n) is 6.10. The Morgan fingerprint density at radius 2 is 2.15 bits per heavy atom. The number of nitrogens with one attached hydrogen (secondary N) is 2. The van der Waals surface area contributed by atoms with Crippen molar-refractivity contribution in [2.75, 3.05) is 11.9 Å². The van der Waals surface area contributed by atoms with Gasteiger partial charge in [0.1, 0.15) is 5.82 Å². The largest absolute Gasteiger partial charge is 0.481 e. The van der Waals surface area contributed by atoms with Crippen LogP contribution in [0.3, 0.4) is 0 Å². The van der Waals surface area contributed by atoms with Crippen LogP contribution in [0.2, 0.25) is 0 Å². The van der Waals surface area contributed by atoms with Gasteiger partial charge in [-0.3, -0.25) is 4.79 Å². The number of benzene rings is 1. The van der Waals surface area contributed by atoms with Gasteiger partial charge in [-0.1, -0.05) is 22.9 Å². The normalized spacial score (nSPS) is 11.8. The van der Waals surface area contributed by atoms with Crippen LogP contribution in [0.25, 0.3) is 0 Å². The Morgan fingerprint density at radius 1 is 1.45 bits per heavy atom. The van der Waals surface area contributed by atoms with E-state index in [2.05, 4.69) is 26.6 Å². The Hall–Kier alpha value is -1.63. The maximum absolute atomic E-state index is 13.5. The summed E-state index contributed by atoms with van der Waals surface area (Å²) >= 11 is 3.12. The zero-order valence-corrected chi connectivity index (χ0v) is 12.5. The lowest BCUT2D eigenvalue weighted by Gasteiger charge is -2.12. The van der Waals surface area contributed by atoms with Gasteiger partial charge in [0.25, 0.3) is 0 Å². The number of rotatable bonds is 6. The van der Waals surface area contributed by atoms with Crippen molar-refractivity contribution in [1.82, 2.24) is 5.32 Å². The maximum Gasteiger partial charge on any atom is 0.319 e. The summed E-state index contributed by atoms with van der Waals surface area (Å²) in [6.45, 7) is 2.17. The van der Waals surface area contributed by atoms with Crippen molar-refractivity contribution in [2.24, 2.45) is 5.92 Å². The number of carbonyl (C=O) groups is 2. The lowest BCUT2D eigenvalue weighted by atomic mass is 10.1. The molecule has 0 bridgehead atoms. The zero-order chi connectivity index (χ0) is 15.1. The van der Waals surface area contributed by atoms with E-state index in [1.165, 1.54) is 12.1 Å². The standard InChI is InChI=1S/C13H16BrFN2O3/c1-8(2-5-12(18)19)7-16-13(20)17-11-4-3-9(14)6-10(11)15/h3-4,6,8H,2,5,7H2,1H3,(H,18,19)(H2,16,17,20). The van der Waals surface area contributed by atoms with Crippen LogP contribution in [0, 0.1) is 11.7 Å². The van der Waals surface area contributed by atoms with Gasteiger partial charge in [-0.25, -0.2) is 9.18 Å². The third kappa shape index (κ3) is 6.01. The lowest BCUT2D eigenvalue weighted by Crippen LogP contribution is -2.32. The number of carboxylic acids is 1. The van der Waals surface area contributed by atoms with E-state index in [-0.39, 0.29) is 18.0 Å². The predicted molar refractivity (Wildman–Crippen MR) is 77.2 cm³/mol. The fourth-order valence-corrected chi connectivity index (χ4v) is 1.83. The minimum atomic E-state index is -0.863. The lowest BCUT2D eigenvalue weighted by molar-refractivity contribution is -0.137. The van der Waals surface area contributed by atoms with E-state index in [4.69, 9.17) is 5.11 Å². The summed E-state index contributed by atoms with van der Waals surface area (Å²) < 4.78 is 14.1. The van der Waals surface area contributed by atoms with Gasteiger partial charge in [0, 0.05) is 17.4 Å². The van der Waals surface area contributed by atoms with Gasteiger partial charge in [0.15, 0.2) is 0 Å². The summed E-state index contributed by atoms with van der Waals surface area (Å²) in [4.78, 5) is 22.0. The van der Waals surface area contributed by atoms with Crippen LogP contribution in [0.1, 0.15) is 19.8 Å². The smallest absolute Gasteiger partial charge is 0.319 e. The number of carboxylic acid groups (broad SMARTS) is 1. The zero-order valence-electron chi connectivity index (χ0n) is 11.0. The van der Waals surface area contributed by atoms with E-state index in [0.29, 0.717) is 17.4 Å². The molecular weight excluding hydrogens is 331 g/mol. The summed E-state index contributed by atoms with van der Waals surface area (Å²) in [5, 5.41) is 13.5. The summed E-state index contributed by atoms with van der Waals surface area (Å²) in [5.41, 5.74) is 0.0869. The van der Waals surface area contributed by atoms with Crippen molar-refractivity contribution >= 4 is 33.6 Å². The highest BCUT2D eigenvalue weighted by atomic mass is 79.9. The molecule has 20 heavy (non-hydrogen) atoms. The quantitative estimate of drug-likeness (QED) is 0.739. The highest BCUT2D eigenvalue weighted by Crippen LogP contribution is 2.19. The maximum atomic E-state index is 13.5. The molecule has 1 aromatic rings. The van der Waals surface area contributed by atoms with Gasteiger partial charge >= 0.3 is 12.0 Å². The van der Waals surface area contributed by atoms with Gasteiger partial charge < -0.3 is 15.7 Å². The number of amides is 2. The Labute approximate surface area is 124 Å². The van der Waals surface area contributed by atoms with Gasteiger partial charge in [-0.15, -0.1) is 0 Å². The molecule has 1 atom stereocenters. The summed E-state index contributed by atoms with van der Waals surface area (Å²) in [6, 6.07) is 3.81. The molecule has 0 spiro atoms. The second kappa shape index (κ2) is 7.84. The first-order valence-corrected chi connectivity index (χ1v) is 6.89. The minimum absolute atomic E-state index is 0.0339. The van der Waals surface area contributed by atoms with Crippen molar-refractivity contribution in [3.05, 3.63) is 28.5 Å². The van der Waals surface area contributed by atoms with Crippen LogP contribution >= 0.6 is 15.9 Å². The number of hydrogen-bond donors (Lipinski definition) is 3. The van der Waals surface area contributed by atoms with Crippen molar-refractivity contribution in [1.29, 1.82) is 0 Å². The first kappa shape index (κ1) is 16.4.